The number of nitrogens with zero attached hydrogens (tertiary/aromatic N) is 1. The highest BCUT2D eigenvalue weighted by Gasteiger charge is 2.53. The van der Waals surface area contributed by atoms with Crippen LogP contribution in [0.25, 0.3) is 0 Å². The van der Waals surface area contributed by atoms with E-state index in [0.29, 0.717) is 35.6 Å². The first-order valence-corrected chi connectivity index (χ1v) is 11.7. The molecule has 1 aliphatic carbocycles. The zero-order chi connectivity index (χ0) is 22.6. The second-order valence-electron chi connectivity index (χ2n) is 10.0. The van der Waals surface area contributed by atoms with Gasteiger partial charge in [-0.05, 0) is 53.9 Å². The van der Waals surface area contributed by atoms with Crippen LogP contribution >= 0.6 is 0 Å². The Morgan fingerprint density at radius 1 is 1.03 bits per heavy atom. The van der Waals surface area contributed by atoms with Gasteiger partial charge in [0, 0.05) is 0 Å². The molecule has 1 saturated carbocycles. The molecule has 2 aliphatic heterocycles. The van der Waals surface area contributed by atoms with Crippen LogP contribution in [0.1, 0.15) is 69.4 Å². The summed E-state index contributed by atoms with van der Waals surface area (Å²) in [7, 11) is 0. The van der Waals surface area contributed by atoms with Crippen LogP contribution in [0, 0.1) is 17.8 Å². The lowest BCUT2D eigenvalue weighted by atomic mass is 9.70. The zero-order valence-electron chi connectivity index (χ0n) is 19.2. The lowest BCUT2D eigenvalue weighted by molar-refractivity contribution is -0.137. The van der Waals surface area contributed by atoms with E-state index >= 15 is 0 Å². The smallest absolute Gasteiger partial charge is 0.290 e. The molecule has 5 nitrogen and oxygen atoms in total. The van der Waals surface area contributed by atoms with E-state index in [-0.39, 0.29) is 29.5 Å². The molecular weight excluding hydrogens is 402 g/mol. The van der Waals surface area contributed by atoms with E-state index in [1.54, 1.807) is 11.2 Å². The molecule has 5 rings (SSSR count). The van der Waals surface area contributed by atoms with Crippen molar-refractivity contribution in [2.45, 2.75) is 65.1 Å². The van der Waals surface area contributed by atoms with Crippen molar-refractivity contribution in [1.29, 1.82) is 0 Å². The number of amides is 1. The van der Waals surface area contributed by atoms with Crippen molar-refractivity contribution in [3.63, 3.8) is 0 Å². The number of carbonyl (C=O) groups is 2. The summed E-state index contributed by atoms with van der Waals surface area (Å²) in [6, 6.07) is 11.5. The molecule has 1 aromatic carbocycles. The highest BCUT2D eigenvalue weighted by Crippen LogP contribution is 2.49. The van der Waals surface area contributed by atoms with Crippen molar-refractivity contribution >= 4 is 11.7 Å². The van der Waals surface area contributed by atoms with Crippen molar-refractivity contribution in [3.05, 3.63) is 70.9 Å². The van der Waals surface area contributed by atoms with Crippen LogP contribution in [-0.2, 0) is 20.9 Å². The van der Waals surface area contributed by atoms with Crippen LogP contribution < -0.4 is 0 Å². The molecule has 5 heteroatoms. The van der Waals surface area contributed by atoms with Crippen LogP contribution in [0.4, 0.5) is 0 Å². The Hall–Kier alpha value is -2.82. The Kier molecular flexibility index (Phi) is 5.23. The first kappa shape index (κ1) is 21.0. The van der Waals surface area contributed by atoms with Gasteiger partial charge in [-0.1, -0.05) is 52.0 Å². The van der Waals surface area contributed by atoms with Gasteiger partial charge in [0.25, 0.3) is 5.91 Å². The van der Waals surface area contributed by atoms with E-state index in [9.17, 15) is 9.59 Å². The number of hydrogen-bond donors (Lipinski definition) is 0. The van der Waals surface area contributed by atoms with Crippen LogP contribution in [0.5, 0.6) is 0 Å². The van der Waals surface area contributed by atoms with E-state index in [1.807, 2.05) is 24.3 Å². The number of furan rings is 1. The molecule has 1 amide bonds. The van der Waals surface area contributed by atoms with Crippen molar-refractivity contribution in [1.82, 2.24) is 4.90 Å². The van der Waals surface area contributed by atoms with Gasteiger partial charge in [-0.2, -0.15) is 0 Å². The minimum Gasteiger partial charge on any atom is -0.483 e. The van der Waals surface area contributed by atoms with E-state index in [4.69, 9.17) is 9.15 Å². The fourth-order valence-electron chi connectivity index (χ4n) is 5.45. The number of rotatable bonds is 4. The fourth-order valence-corrected chi connectivity index (χ4v) is 5.45. The molecule has 168 valence electrons. The Morgan fingerprint density at radius 2 is 1.75 bits per heavy atom. The van der Waals surface area contributed by atoms with Crippen LogP contribution in [0.2, 0.25) is 0 Å². The van der Waals surface area contributed by atoms with Crippen molar-refractivity contribution in [3.8, 4) is 0 Å². The van der Waals surface area contributed by atoms with E-state index in [2.05, 4.69) is 39.8 Å². The van der Waals surface area contributed by atoms with Gasteiger partial charge in [0.2, 0.25) is 0 Å². The molecule has 5 atom stereocenters. The van der Waals surface area contributed by atoms with Crippen LogP contribution in [0.15, 0.2) is 58.4 Å². The van der Waals surface area contributed by atoms with Gasteiger partial charge in [0.15, 0.2) is 11.5 Å². The Bertz CT molecular complexity index is 1050. The van der Waals surface area contributed by atoms with Crippen LogP contribution in [-0.4, -0.2) is 22.7 Å². The molecule has 0 saturated heterocycles. The molecule has 0 bridgehead atoms. The number of hydrogen-bond acceptors (Lipinski definition) is 4. The Labute approximate surface area is 189 Å². The molecule has 0 radical (unpaired) electrons. The molecule has 1 fully saturated rings. The van der Waals surface area contributed by atoms with Gasteiger partial charge in [-0.15, -0.1) is 0 Å². The summed E-state index contributed by atoms with van der Waals surface area (Å²) in [6.07, 6.45) is 3.03. The molecule has 0 spiro atoms. The van der Waals surface area contributed by atoms with Crippen molar-refractivity contribution in [2.24, 2.45) is 17.8 Å². The largest absolute Gasteiger partial charge is 0.483 e. The molecular formula is C27H31NO4. The second-order valence-corrected chi connectivity index (χ2v) is 10.0. The summed E-state index contributed by atoms with van der Waals surface area (Å²) in [5.41, 5.74) is 2.69. The topological polar surface area (TPSA) is 59.8 Å². The summed E-state index contributed by atoms with van der Waals surface area (Å²) < 4.78 is 11.9. The molecule has 3 aliphatic rings. The summed E-state index contributed by atoms with van der Waals surface area (Å²) in [5, 5.41) is 0. The second kappa shape index (κ2) is 7.95. The third-order valence-corrected chi connectivity index (χ3v) is 7.63. The molecule has 2 aromatic rings. The normalized spacial score (nSPS) is 29.9. The summed E-state index contributed by atoms with van der Waals surface area (Å²) in [5.74, 6) is 1.99. The van der Waals surface area contributed by atoms with Crippen molar-refractivity contribution in [2.75, 3.05) is 0 Å². The SMILES string of the molecule is CC(C)c1ccc(C2C3=C(OC4CC(C)C(C)CC4C3=O)C(=O)N2Cc2ccco2)cc1. The van der Waals surface area contributed by atoms with Gasteiger partial charge in [0.1, 0.15) is 11.9 Å². The first-order chi connectivity index (χ1) is 15.3. The Morgan fingerprint density at radius 3 is 2.41 bits per heavy atom. The number of Topliss-reactive ketones (excluding diaryl/α,β-unsaturated/α-hetero) is 1. The maximum atomic E-state index is 13.8. The Balaban J connectivity index is 1.56. The van der Waals surface area contributed by atoms with Gasteiger partial charge < -0.3 is 14.1 Å². The van der Waals surface area contributed by atoms with Crippen LogP contribution in [0.3, 0.4) is 0 Å². The lowest BCUT2D eigenvalue weighted by Gasteiger charge is -2.40. The third-order valence-electron chi connectivity index (χ3n) is 7.63. The van der Waals surface area contributed by atoms with E-state index in [0.717, 1.165) is 18.4 Å². The predicted molar refractivity (Wildman–Crippen MR) is 120 cm³/mol. The van der Waals surface area contributed by atoms with E-state index in [1.165, 1.54) is 5.56 Å². The standard InChI is InChI=1S/C27H31NO4/c1-15(2)18-7-9-19(10-8-18)24-23-25(29)21-12-16(3)17(4)13-22(21)32-26(23)27(30)28(24)14-20-6-5-11-31-20/h5-11,15-17,21-22,24H,12-14H2,1-4H3. The quantitative estimate of drug-likeness (QED) is 0.649. The highest BCUT2D eigenvalue weighted by atomic mass is 16.5. The zero-order valence-corrected chi connectivity index (χ0v) is 19.2. The summed E-state index contributed by atoms with van der Waals surface area (Å²) >= 11 is 0. The highest BCUT2D eigenvalue weighted by molar-refractivity contribution is 6.11. The predicted octanol–water partition coefficient (Wildman–Crippen LogP) is 5.39. The number of ether oxygens (including phenoxy) is 1. The maximum absolute atomic E-state index is 13.8. The maximum Gasteiger partial charge on any atom is 0.290 e. The van der Waals surface area contributed by atoms with Gasteiger partial charge in [0.05, 0.1) is 30.3 Å². The third kappa shape index (κ3) is 3.39. The molecule has 1 aromatic heterocycles. The number of ketones is 1. The van der Waals surface area contributed by atoms with Gasteiger partial charge in [-0.25, -0.2) is 0 Å². The number of fused-ring (bicyclic) bond motifs is 1. The average molecular weight is 434 g/mol. The monoisotopic (exact) mass is 433 g/mol. The molecule has 5 unspecified atom stereocenters. The molecule has 0 N–H and O–H groups in total. The van der Waals surface area contributed by atoms with Gasteiger partial charge >= 0.3 is 0 Å². The average Bonchev–Trinajstić information content (AvgIpc) is 3.38. The first-order valence-electron chi connectivity index (χ1n) is 11.7. The lowest BCUT2D eigenvalue weighted by Crippen LogP contribution is -2.43. The number of benzene rings is 1. The summed E-state index contributed by atoms with van der Waals surface area (Å²) in [6.45, 7) is 9.03. The van der Waals surface area contributed by atoms with Crippen molar-refractivity contribution < 1.29 is 18.7 Å². The minimum atomic E-state index is -0.452. The number of carbonyl (C=O) groups excluding carboxylic acids is 2. The fraction of sp³-hybridized carbons (Fsp3) is 0.481. The minimum absolute atomic E-state index is 0.0863. The summed E-state index contributed by atoms with van der Waals surface area (Å²) in [4.78, 5) is 29.1. The molecule has 32 heavy (non-hydrogen) atoms. The van der Waals surface area contributed by atoms with Gasteiger partial charge in [-0.3, -0.25) is 9.59 Å². The van der Waals surface area contributed by atoms with E-state index < -0.39 is 6.04 Å². The molecule has 3 heterocycles.